The van der Waals surface area contributed by atoms with E-state index in [0.29, 0.717) is 0 Å². The third kappa shape index (κ3) is 5.61. The van der Waals surface area contributed by atoms with Crippen molar-refractivity contribution in [2.75, 3.05) is 11.9 Å². The van der Waals surface area contributed by atoms with Gasteiger partial charge in [0.2, 0.25) is 6.10 Å². The minimum absolute atomic E-state index is 0.0544. The van der Waals surface area contributed by atoms with Crippen LogP contribution in [-0.4, -0.2) is 34.6 Å². The molecule has 2 aromatic rings. The summed E-state index contributed by atoms with van der Waals surface area (Å²) >= 11 is 5.71. The molecule has 1 heterocycles. The highest BCUT2D eigenvalue weighted by Gasteiger charge is 2.34. The van der Waals surface area contributed by atoms with Crippen LogP contribution in [0.3, 0.4) is 0 Å². The largest absolute Gasteiger partial charge is 0.463 e. The first-order chi connectivity index (χ1) is 12.7. The second kappa shape index (κ2) is 8.76. The lowest BCUT2D eigenvalue weighted by Crippen LogP contribution is -2.35. The van der Waals surface area contributed by atoms with Gasteiger partial charge in [0, 0.05) is 12.4 Å². The molecule has 2 rings (SSSR count). The lowest BCUT2D eigenvalue weighted by Gasteiger charge is -2.18. The fraction of sp³-hybridized carbons (Fsp3) is 0.312. The number of aromatic nitrogens is 2. The van der Waals surface area contributed by atoms with Crippen LogP contribution >= 0.6 is 11.6 Å². The number of amides is 1. The summed E-state index contributed by atoms with van der Waals surface area (Å²) in [5.74, 6) is -0.821. The molecule has 0 aliphatic rings. The minimum Gasteiger partial charge on any atom is -0.463 e. The Labute approximate surface area is 157 Å². The van der Waals surface area contributed by atoms with E-state index in [0.717, 1.165) is 12.1 Å². The number of nitrogens with zero attached hydrogens (tertiary/aromatic N) is 2. The van der Waals surface area contributed by atoms with Gasteiger partial charge in [-0.2, -0.15) is 18.3 Å². The Balaban J connectivity index is 2.12. The average Bonchev–Trinajstić information content (AvgIpc) is 3.08. The predicted molar refractivity (Wildman–Crippen MR) is 89.2 cm³/mol. The zero-order valence-electron chi connectivity index (χ0n) is 14.0. The first-order valence-corrected chi connectivity index (χ1v) is 8.07. The summed E-state index contributed by atoms with van der Waals surface area (Å²) in [5, 5.41) is 5.30. The predicted octanol–water partition coefficient (Wildman–Crippen LogP) is 3.74. The van der Waals surface area contributed by atoms with Gasteiger partial charge in [-0.25, -0.2) is 9.59 Å². The maximum Gasteiger partial charge on any atom is 0.417 e. The number of halogens is 4. The topological polar surface area (TPSA) is 82.5 Å². The molecule has 0 radical (unpaired) electrons. The van der Waals surface area contributed by atoms with E-state index >= 15 is 0 Å². The molecule has 11 heteroatoms. The van der Waals surface area contributed by atoms with Crippen LogP contribution in [0, 0.1) is 0 Å². The van der Waals surface area contributed by atoms with Crippen LogP contribution in [0.2, 0.25) is 5.02 Å². The molecule has 1 atom stereocenters. The average molecular weight is 406 g/mol. The fourth-order valence-corrected chi connectivity index (χ4v) is 2.37. The zero-order valence-corrected chi connectivity index (χ0v) is 14.8. The number of esters is 1. The summed E-state index contributed by atoms with van der Waals surface area (Å²) in [6.07, 6.45) is -4.20. The van der Waals surface area contributed by atoms with E-state index < -0.39 is 34.9 Å². The van der Waals surface area contributed by atoms with Crippen LogP contribution in [0.4, 0.5) is 23.7 Å². The molecular weight excluding hydrogens is 391 g/mol. The zero-order chi connectivity index (χ0) is 20.0. The molecule has 1 N–H and O–H groups in total. The normalized spacial score (nSPS) is 12.3. The Morgan fingerprint density at radius 1 is 1.33 bits per heavy atom. The number of anilines is 1. The van der Waals surface area contributed by atoms with Crippen LogP contribution in [0.1, 0.15) is 12.5 Å². The molecule has 0 saturated carbocycles. The van der Waals surface area contributed by atoms with Gasteiger partial charge in [-0.05, 0) is 25.1 Å². The minimum atomic E-state index is -4.69. The van der Waals surface area contributed by atoms with Crippen LogP contribution in [-0.2, 0) is 27.0 Å². The molecule has 1 amide bonds. The van der Waals surface area contributed by atoms with Gasteiger partial charge < -0.3 is 9.47 Å². The maximum atomic E-state index is 12.9. The van der Waals surface area contributed by atoms with Crippen molar-refractivity contribution in [2.45, 2.75) is 25.7 Å². The summed E-state index contributed by atoms with van der Waals surface area (Å²) < 4.78 is 49.8. The highest BCUT2D eigenvalue weighted by molar-refractivity contribution is 6.34. The van der Waals surface area contributed by atoms with E-state index in [1.807, 2.05) is 0 Å². The molecule has 0 aliphatic carbocycles. The van der Waals surface area contributed by atoms with Crippen molar-refractivity contribution in [3.63, 3.8) is 0 Å². The second-order valence-electron chi connectivity index (χ2n) is 5.16. The summed E-state index contributed by atoms with van der Waals surface area (Å²) in [6, 6.07) is 4.63. The van der Waals surface area contributed by atoms with Crippen molar-refractivity contribution in [1.82, 2.24) is 9.78 Å². The summed E-state index contributed by atoms with van der Waals surface area (Å²) in [5.41, 5.74) is -1.42. The molecule has 0 fully saturated rings. The number of hydrogen-bond donors (Lipinski definition) is 1. The summed E-state index contributed by atoms with van der Waals surface area (Å²) in [6.45, 7) is 1.50. The number of benzene rings is 1. The summed E-state index contributed by atoms with van der Waals surface area (Å²) in [7, 11) is 0. The van der Waals surface area contributed by atoms with E-state index in [4.69, 9.17) is 21.1 Å². The highest BCUT2D eigenvalue weighted by atomic mass is 35.5. The van der Waals surface area contributed by atoms with Crippen molar-refractivity contribution in [2.24, 2.45) is 0 Å². The molecule has 1 aromatic heterocycles. The Hall–Kier alpha value is -2.75. The van der Waals surface area contributed by atoms with E-state index in [-0.39, 0.29) is 18.8 Å². The van der Waals surface area contributed by atoms with Gasteiger partial charge in [-0.3, -0.25) is 10.00 Å². The SMILES string of the molecule is CCOC(=O)C(Cn1cccn1)OC(=O)Nc1cccc(C(F)(F)F)c1Cl. The number of hydrogen-bond acceptors (Lipinski definition) is 5. The molecule has 27 heavy (non-hydrogen) atoms. The Morgan fingerprint density at radius 2 is 2.07 bits per heavy atom. The molecule has 0 spiro atoms. The molecule has 146 valence electrons. The lowest BCUT2D eigenvalue weighted by atomic mass is 10.2. The number of alkyl halides is 3. The van der Waals surface area contributed by atoms with Gasteiger partial charge in [-0.15, -0.1) is 0 Å². The Kier molecular flexibility index (Phi) is 6.67. The number of carbonyl (C=O) groups is 2. The number of carbonyl (C=O) groups excluding carboxylic acids is 2. The molecule has 0 saturated heterocycles. The third-order valence-corrected chi connectivity index (χ3v) is 3.66. The van der Waals surface area contributed by atoms with Crippen molar-refractivity contribution >= 4 is 29.4 Å². The smallest absolute Gasteiger partial charge is 0.417 e. The van der Waals surface area contributed by atoms with E-state index in [1.165, 1.54) is 23.1 Å². The van der Waals surface area contributed by atoms with Crippen molar-refractivity contribution in [1.29, 1.82) is 0 Å². The van der Waals surface area contributed by atoms with E-state index in [9.17, 15) is 22.8 Å². The van der Waals surface area contributed by atoms with Gasteiger partial charge in [0.05, 0.1) is 29.4 Å². The van der Waals surface area contributed by atoms with Gasteiger partial charge in [0.25, 0.3) is 0 Å². The first kappa shape index (κ1) is 20.6. The van der Waals surface area contributed by atoms with Gasteiger partial charge in [-0.1, -0.05) is 17.7 Å². The van der Waals surface area contributed by atoms with Gasteiger partial charge >= 0.3 is 18.2 Å². The third-order valence-electron chi connectivity index (χ3n) is 3.25. The Bertz CT molecular complexity index is 797. The molecule has 0 aliphatic heterocycles. The number of ether oxygens (including phenoxy) is 2. The molecule has 1 unspecified atom stereocenters. The van der Waals surface area contributed by atoms with Crippen molar-refractivity contribution in [3.8, 4) is 0 Å². The fourth-order valence-electron chi connectivity index (χ4n) is 2.09. The maximum absolute atomic E-state index is 12.9. The number of rotatable bonds is 6. The molecule has 7 nitrogen and oxygen atoms in total. The van der Waals surface area contributed by atoms with Crippen LogP contribution < -0.4 is 5.32 Å². The molecule has 1 aromatic carbocycles. The number of nitrogens with one attached hydrogen (secondary N) is 1. The molecule has 0 bridgehead atoms. The first-order valence-electron chi connectivity index (χ1n) is 7.69. The van der Waals surface area contributed by atoms with Crippen molar-refractivity contribution < 1.29 is 32.2 Å². The van der Waals surface area contributed by atoms with Gasteiger partial charge in [0.1, 0.15) is 0 Å². The summed E-state index contributed by atoms with van der Waals surface area (Å²) in [4.78, 5) is 24.0. The van der Waals surface area contributed by atoms with Crippen LogP contribution in [0.15, 0.2) is 36.7 Å². The van der Waals surface area contributed by atoms with Gasteiger partial charge in [0.15, 0.2) is 0 Å². The van der Waals surface area contributed by atoms with Crippen molar-refractivity contribution in [3.05, 3.63) is 47.2 Å². The highest BCUT2D eigenvalue weighted by Crippen LogP contribution is 2.38. The second-order valence-corrected chi connectivity index (χ2v) is 5.54. The standard InChI is InChI=1S/C16H15ClF3N3O4/c1-2-26-14(24)12(9-23-8-4-7-21-23)27-15(25)22-11-6-3-5-10(13(11)17)16(18,19)20/h3-8,12H,2,9H2,1H3,(H,22,25). The Morgan fingerprint density at radius 3 is 2.67 bits per heavy atom. The van der Waals surface area contributed by atoms with E-state index in [2.05, 4.69) is 10.4 Å². The lowest BCUT2D eigenvalue weighted by molar-refractivity contribution is -0.153. The quantitative estimate of drug-likeness (QED) is 0.740. The van der Waals surface area contributed by atoms with Crippen LogP contribution in [0.5, 0.6) is 0 Å². The van der Waals surface area contributed by atoms with E-state index in [1.54, 1.807) is 13.0 Å². The monoisotopic (exact) mass is 405 g/mol. The molecular formula is C16H15ClF3N3O4. The van der Waals surface area contributed by atoms with Crippen LogP contribution in [0.25, 0.3) is 0 Å².